The number of amides is 1. The molecule has 1 heterocycles. The molecule has 0 radical (unpaired) electrons. The van der Waals surface area contributed by atoms with Crippen LogP contribution >= 0.6 is 0 Å². The SMILES string of the molecule is N#CC[C@@]1(C(=O)O)CC[C@H](c2cccc(OCc3ccccc3)c2)N1C(=O)O. The zero-order valence-electron chi connectivity index (χ0n) is 15.1. The Kier molecular flexibility index (Phi) is 5.50. The molecule has 0 aromatic heterocycles. The summed E-state index contributed by atoms with van der Waals surface area (Å²) in [6.07, 6.45) is -1.34. The molecule has 2 N–H and O–H groups in total. The summed E-state index contributed by atoms with van der Waals surface area (Å²) >= 11 is 0. The van der Waals surface area contributed by atoms with Gasteiger partial charge in [-0.1, -0.05) is 42.5 Å². The normalized spacial score (nSPS) is 21.1. The molecule has 1 fully saturated rings. The first kappa shape index (κ1) is 19.2. The van der Waals surface area contributed by atoms with E-state index in [0.29, 0.717) is 24.3 Å². The molecule has 7 heteroatoms. The Morgan fingerprint density at radius 1 is 1.18 bits per heavy atom. The van der Waals surface area contributed by atoms with Crippen LogP contribution in [0.25, 0.3) is 0 Å². The predicted octanol–water partition coefficient (Wildman–Crippen LogP) is 3.82. The minimum atomic E-state index is -1.73. The van der Waals surface area contributed by atoms with Gasteiger partial charge in [-0.05, 0) is 36.1 Å². The van der Waals surface area contributed by atoms with E-state index in [-0.39, 0.29) is 6.42 Å². The third kappa shape index (κ3) is 3.62. The van der Waals surface area contributed by atoms with Gasteiger partial charge in [0.05, 0.1) is 18.5 Å². The number of carboxylic acid groups (broad SMARTS) is 2. The summed E-state index contributed by atoms with van der Waals surface area (Å²) in [5, 5.41) is 28.4. The van der Waals surface area contributed by atoms with Crippen LogP contribution in [0, 0.1) is 11.3 Å². The van der Waals surface area contributed by atoms with Gasteiger partial charge >= 0.3 is 12.1 Å². The van der Waals surface area contributed by atoms with Crippen LogP contribution in [0.4, 0.5) is 4.79 Å². The van der Waals surface area contributed by atoms with E-state index in [0.717, 1.165) is 10.5 Å². The smallest absolute Gasteiger partial charge is 0.408 e. The molecule has 0 spiro atoms. The summed E-state index contributed by atoms with van der Waals surface area (Å²) in [4.78, 5) is 24.7. The maximum atomic E-state index is 11.9. The molecule has 28 heavy (non-hydrogen) atoms. The number of aliphatic carboxylic acids is 1. The highest BCUT2D eigenvalue weighted by Gasteiger charge is 2.55. The Labute approximate surface area is 162 Å². The summed E-state index contributed by atoms with van der Waals surface area (Å²) in [7, 11) is 0. The third-order valence-corrected chi connectivity index (χ3v) is 5.07. The number of hydrogen-bond donors (Lipinski definition) is 2. The fourth-order valence-electron chi connectivity index (χ4n) is 3.70. The van der Waals surface area contributed by atoms with E-state index in [9.17, 15) is 19.8 Å². The fourth-order valence-corrected chi connectivity index (χ4v) is 3.70. The Morgan fingerprint density at radius 3 is 2.57 bits per heavy atom. The molecular formula is C21H20N2O5. The Balaban J connectivity index is 1.85. The number of carboxylic acids is 1. The fraction of sp³-hybridized carbons (Fsp3) is 0.286. The first-order valence-corrected chi connectivity index (χ1v) is 8.87. The molecule has 1 saturated heterocycles. The molecule has 0 unspecified atom stereocenters. The molecule has 0 aliphatic carbocycles. The molecule has 1 aliphatic rings. The number of benzene rings is 2. The van der Waals surface area contributed by atoms with Crippen molar-refractivity contribution in [3.63, 3.8) is 0 Å². The molecule has 0 bridgehead atoms. The largest absolute Gasteiger partial charge is 0.489 e. The van der Waals surface area contributed by atoms with E-state index < -0.39 is 30.1 Å². The van der Waals surface area contributed by atoms with Crippen molar-refractivity contribution in [2.45, 2.75) is 37.5 Å². The molecule has 2 aromatic rings. The van der Waals surface area contributed by atoms with Gasteiger partial charge in [0.1, 0.15) is 12.4 Å². The molecule has 2 atom stereocenters. The average Bonchev–Trinajstić information content (AvgIpc) is 3.09. The number of nitriles is 1. The lowest BCUT2D eigenvalue weighted by Gasteiger charge is -2.34. The highest BCUT2D eigenvalue weighted by molar-refractivity contribution is 5.85. The van der Waals surface area contributed by atoms with Gasteiger partial charge in [-0.15, -0.1) is 0 Å². The monoisotopic (exact) mass is 380 g/mol. The highest BCUT2D eigenvalue weighted by atomic mass is 16.5. The number of likely N-dealkylation sites (tertiary alicyclic amines) is 1. The lowest BCUT2D eigenvalue weighted by atomic mass is 9.93. The Morgan fingerprint density at radius 2 is 1.93 bits per heavy atom. The average molecular weight is 380 g/mol. The van der Waals surface area contributed by atoms with Crippen molar-refractivity contribution in [3.05, 3.63) is 65.7 Å². The topological polar surface area (TPSA) is 111 Å². The quantitative estimate of drug-likeness (QED) is 0.788. The van der Waals surface area contributed by atoms with Gasteiger partial charge in [0.15, 0.2) is 5.54 Å². The van der Waals surface area contributed by atoms with Crippen LogP contribution in [0.3, 0.4) is 0 Å². The second-order valence-corrected chi connectivity index (χ2v) is 6.73. The van der Waals surface area contributed by atoms with Crippen LogP contribution in [-0.2, 0) is 11.4 Å². The highest BCUT2D eigenvalue weighted by Crippen LogP contribution is 2.45. The van der Waals surface area contributed by atoms with Crippen molar-refractivity contribution in [2.75, 3.05) is 0 Å². The molecule has 2 aromatic carbocycles. The number of rotatable bonds is 6. The Hall–Kier alpha value is -3.53. The van der Waals surface area contributed by atoms with Crippen LogP contribution in [0.1, 0.15) is 36.4 Å². The van der Waals surface area contributed by atoms with E-state index >= 15 is 0 Å². The summed E-state index contributed by atoms with van der Waals surface area (Å²) in [5.41, 5.74) is -0.0829. The standard InChI is InChI=1S/C21H20N2O5/c22-12-11-21(19(24)25)10-9-18(23(21)20(26)27)16-7-4-8-17(13-16)28-14-15-5-2-1-3-6-15/h1-8,13,18H,9-11,14H2,(H,24,25)(H,26,27)/t18-,21-/m1/s1. The summed E-state index contributed by atoms with van der Waals surface area (Å²) < 4.78 is 5.80. The van der Waals surface area contributed by atoms with Gasteiger partial charge in [0.25, 0.3) is 0 Å². The van der Waals surface area contributed by atoms with Gasteiger partial charge in [-0.2, -0.15) is 5.26 Å². The number of ether oxygens (including phenoxy) is 1. The molecular weight excluding hydrogens is 360 g/mol. The molecule has 7 nitrogen and oxygen atoms in total. The molecule has 1 amide bonds. The van der Waals surface area contributed by atoms with Crippen molar-refractivity contribution in [1.29, 1.82) is 5.26 Å². The number of nitrogens with zero attached hydrogens (tertiary/aromatic N) is 2. The molecule has 1 aliphatic heterocycles. The van der Waals surface area contributed by atoms with Gasteiger partial charge in [-0.3, -0.25) is 4.90 Å². The lowest BCUT2D eigenvalue weighted by molar-refractivity contribution is -0.149. The van der Waals surface area contributed by atoms with Gasteiger partial charge in [0, 0.05) is 0 Å². The van der Waals surface area contributed by atoms with E-state index in [4.69, 9.17) is 10.00 Å². The second kappa shape index (κ2) is 8.01. The zero-order chi connectivity index (χ0) is 20.1. The first-order valence-electron chi connectivity index (χ1n) is 8.87. The minimum Gasteiger partial charge on any atom is -0.489 e. The van der Waals surface area contributed by atoms with E-state index in [2.05, 4.69) is 0 Å². The van der Waals surface area contributed by atoms with Gasteiger partial charge in [0.2, 0.25) is 0 Å². The van der Waals surface area contributed by atoms with Crippen molar-refractivity contribution >= 4 is 12.1 Å². The van der Waals surface area contributed by atoms with Crippen LogP contribution in [0.2, 0.25) is 0 Å². The number of carbonyl (C=O) groups is 2. The molecule has 144 valence electrons. The first-order chi connectivity index (χ1) is 13.5. The summed E-state index contributed by atoms with van der Waals surface area (Å²) in [5.74, 6) is -0.727. The van der Waals surface area contributed by atoms with Crippen molar-refractivity contribution in [2.24, 2.45) is 0 Å². The Bertz CT molecular complexity index is 909. The van der Waals surface area contributed by atoms with E-state index in [1.165, 1.54) is 0 Å². The summed E-state index contributed by atoms with van der Waals surface area (Å²) in [6, 6.07) is 17.8. The van der Waals surface area contributed by atoms with Crippen molar-refractivity contribution in [1.82, 2.24) is 4.90 Å². The van der Waals surface area contributed by atoms with Gasteiger partial charge in [-0.25, -0.2) is 9.59 Å². The maximum absolute atomic E-state index is 11.9. The van der Waals surface area contributed by atoms with Crippen LogP contribution in [0.15, 0.2) is 54.6 Å². The van der Waals surface area contributed by atoms with Crippen LogP contribution < -0.4 is 4.74 Å². The van der Waals surface area contributed by atoms with E-state index in [1.54, 1.807) is 24.3 Å². The van der Waals surface area contributed by atoms with Crippen LogP contribution in [0.5, 0.6) is 5.75 Å². The lowest BCUT2D eigenvalue weighted by Crippen LogP contribution is -2.53. The summed E-state index contributed by atoms with van der Waals surface area (Å²) in [6.45, 7) is 0.366. The minimum absolute atomic E-state index is 0.0853. The predicted molar refractivity (Wildman–Crippen MR) is 99.7 cm³/mol. The van der Waals surface area contributed by atoms with Crippen molar-refractivity contribution in [3.8, 4) is 11.8 Å². The van der Waals surface area contributed by atoms with Crippen molar-refractivity contribution < 1.29 is 24.5 Å². The molecule has 0 saturated carbocycles. The zero-order valence-corrected chi connectivity index (χ0v) is 15.1. The second-order valence-electron chi connectivity index (χ2n) is 6.73. The maximum Gasteiger partial charge on any atom is 0.408 e. The number of hydrogen-bond acceptors (Lipinski definition) is 4. The van der Waals surface area contributed by atoms with Gasteiger partial charge < -0.3 is 14.9 Å². The van der Waals surface area contributed by atoms with Crippen LogP contribution in [-0.4, -0.2) is 32.7 Å². The molecule has 3 rings (SSSR count). The van der Waals surface area contributed by atoms with E-state index in [1.807, 2.05) is 36.4 Å². The third-order valence-electron chi connectivity index (χ3n) is 5.07.